The maximum atomic E-state index is 5.75. The van der Waals surface area contributed by atoms with Gasteiger partial charge in [-0.25, -0.2) is 0 Å². The van der Waals surface area contributed by atoms with Crippen molar-refractivity contribution in [3.8, 4) is 0 Å². The number of nitrogens with two attached hydrogens (primary N) is 1. The van der Waals surface area contributed by atoms with E-state index in [0.29, 0.717) is 0 Å². The first kappa shape index (κ1) is 10.8. The molecule has 2 N–H and O–H groups in total. The first-order valence-corrected chi connectivity index (χ1v) is 6.59. The van der Waals surface area contributed by atoms with Gasteiger partial charge in [0.1, 0.15) is 0 Å². The number of thiophene rings is 1. The Labute approximate surface area is 105 Å². The number of anilines is 1. The molecule has 1 aliphatic rings. The molecular weight excluding hydrogens is 230 g/mol. The Bertz CT molecular complexity index is 525. The molecule has 0 radical (unpaired) electrons. The zero-order valence-electron chi connectivity index (χ0n) is 9.77. The summed E-state index contributed by atoms with van der Waals surface area (Å²) in [4.78, 5) is 1.42. The van der Waals surface area contributed by atoms with Crippen LogP contribution < -0.4 is 5.73 Å². The zero-order chi connectivity index (χ0) is 11.9. The van der Waals surface area contributed by atoms with Crippen LogP contribution >= 0.6 is 11.3 Å². The molecule has 2 nitrogen and oxygen atoms in total. The number of rotatable bonds is 2. The second kappa shape index (κ2) is 3.86. The Morgan fingerprint density at radius 3 is 2.35 bits per heavy atom. The Morgan fingerprint density at radius 2 is 1.88 bits per heavy atom. The summed E-state index contributed by atoms with van der Waals surface area (Å²) in [5, 5.41) is 2.15. The van der Waals surface area contributed by atoms with Gasteiger partial charge in [0.05, 0.1) is 18.6 Å². The third-order valence-corrected chi connectivity index (χ3v) is 4.68. The minimum atomic E-state index is 0.0615. The first-order chi connectivity index (χ1) is 8.22. The lowest BCUT2D eigenvalue weighted by atomic mass is 9.76. The summed E-state index contributed by atoms with van der Waals surface area (Å²) in [5.41, 5.74) is 9.29. The highest BCUT2D eigenvalue weighted by Crippen LogP contribution is 2.43. The van der Waals surface area contributed by atoms with Crippen LogP contribution in [0.5, 0.6) is 0 Å². The molecule has 1 aliphatic heterocycles. The van der Waals surface area contributed by atoms with E-state index in [1.165, 1.54) is 16.0 Å². The van der Waals surface area contributed by atoms with Crippen LogP contribution in [0.4, 0.5) is 5.69 Å². The van der Waals surface area contributed by atoms with E-state index in [0.717, 1.165) is 18.9 Å². The zero-order valence-corrected chi connectivity index (χ0v) is 10.6. The van der Waals surface area contributed by atoms with Gasteiger partial charge in [0, 0.05) is 10.6 Å². The lowest BCUT2D eigenvalue weighted by Crippen LogP contribution is -2.47. The van der Waals surface area contributed by atoms with Crippen molar-refractivity contribution in [1.29, 1.82) is 0 Å². The van der Waals surface area contributed by atoms with Crippen molar-refractivity contribution in [3.63, 3.8) is 0 Å². The van der Waals surface area contributed by atoms with Crippen molar-refractivity contribution in [2.45, 2.75) is 12.3 Å². The van der Waals surface area contributed by atoms with Crippen LogP contribution in [0.25, 0.3) is 0 Å². The van der Waals surface area contributed by atoms with Gasteiger partial charge in [-0.3, -0.25) is 0 Å². The molecule has 1 aromatic heterocycles. The van der Waals surface area contributed by atoms with E-state index >= 15 is 0 Å². The van der Waals surface area contributed by atoms with Gasteiger partial charge in [-0.1, -0.05) is 12.1 Å². The van der Waals surface area contributed by atoms with E-state index < -0.39 is 0 Å². The average Bonchev–Trinajstić information content (AvgIpc) is 2.67. The molecule has 0 unspecified atom stereocenters. The Kier molecular flexibility index (Phi) is 2.45. The summed E-state index contributed by atoms with van der Waals surface area (Å²) >= 11 is 1.82. The van der Waals surface area contributed by atoms with Crippen molar-refractivity contribution in [2.24, 2.45) is 0 Å². The van der Waals surface area contributed by atoms with Crippen LogP contribution in [0.3, 0.4) is 0 Å². The minimum absolute atomic E-state index is 0.0615. The van der Waals surface area contributed by atoms with Gasteiger partial charge in [0.15, 0.2) is 0 Å². The lowest BCUT2D eigenvalue weighted by molar-refractivity contribution is -0.0364. The summed E-state index contributed by atoms with van der Waals surface area (Å²) in [6, 6.07) is 10.4. The van der Waals surface area contributed by atoms with Gasteiger partial charge in [-0.15, -0.1) is 11.3 Å². The predicted octanol–water partition coefficient (Wildman–Crippen LogP) is 2.96. The Morgan fingerprint density at radius 1 is 1.18 bits per heavy atom. The van der Waals surface area contributed by atoms with E-state index in [9.17, 15) is 0 Å². The average molecular weight is 245 g/mol. The molecule has 0 atom stereocenters. The number of aryl methyl sites for hydroxylation is 1. The third kappa shape index (κ3) is 1.58. The summed E-state index contributed by atoms with van der Waals surface area (Å²) in [6.07, 6.45) is 0. The maximum Gasteiger partial charge on any atom is 0.0765 e. The smallest absolute Gasteiger partial charge is 0.0765 e. The minimum Gasteiger partial charge on any atom is -0.399 e. The molecule has 0 bridgehead atoms. The van der Waals surface area contributed by atoms with Gasteiger partial charge >= 0.3 is 0 Å². The van der Waals surface area contributed by atoms with Crippen LogP contribution in [-0.4, -0.2) is 13.2 Å². The SMILES string of the molecule is Cc1ccsc1C1(c2ccc(N)cc2)COC1. The van der Waals surface area contributed by atoms with Crippen molar-refractivity contribution in [1.82, 2.24) is 0 Å². The molecule has 2 heterocycles. The fourth-order valence-corrected chi connectivity index (χ4v) is 3.52. The predicted molar refractivity (Wildman–Crippen MR) is 71.5 cm³/mol. The quantitative estimate of drug-likeness (QED) is 0.826. The highest BCUT2D eigenvalue weighted by atomic mass is 32.1. The topological polar surface area (TPSA) is 35.2 Å². The Hall–Kier alpha value is -1.32. The van der Waals surface area contributed by atoms with Gasteiger partial charge < -0.3 is 10.5 Å². The van der Waals surface area contributed by atoms with E-state index in [2.05, 4.69) is 30.5 Å². The third-order valence-electron chi connectivity index (χ3n) is 3.46. The number of nitrogen functional groups attached to an aromatic ring is 1. The van der Waals surface area contributed by atoms with Crippen LogP contribution in [0, 0.1) is 6.92 Å². The van der Waals surface area contributed by atoms with Crippen molar-refractivity contribution in [2.75, 3.05) is 18.9 Å². The summed E-state index contributed by atoms with van der Waals surface area (Å²) in [6.45, 7) is 3.72. The van der Waals surface area contributed by atoms with Gasteiger partial charge in [0.25, 0.3) is 0 Å². The van der Waals surface area contributed by atoms with Gasteiger partial charge in [0.2, 0.25) is 0 Å². The second-order valence-corrected chi connectivity index (χ2v) is 5.55. The highest BCUT2D eigenvalue weighted by Gasteiger charge is 2.43. The van der Waals surface area contributed by atoms with E-state index in [-0.39, 0.29) is 5.41 Å². The molecule has 0 aliphatic carbocycles. The molecule has 2 aromatic rings. The molecule has 88 valence electrons. The molecular formula is C14H15NOS. The summed E-state index contributed by atoms with van der Waals surface area (Å²) in [5.74, 6) is 0. The lowest BCUT2D eigenvalue weighted by Gasteiger charge is -2.42. The van der Waals surface area contributed by atoms with Crippen molar-refractivity contribution < 1.29 is 4.74 Å². The molecule has 1 saturated heterocycles. The molecule has 0 amide bonds. The van der Waals surface area contributed by atoms with E-state index in [1.54, 1.807) is 0 Å². The van der Waals surface area contributed by atoms with Crippen LogP contribution in [0.15, 0.2) is 35.7 Å². The Balaban J connectivity index is 2.09. The number of hydrogen-bond acceptors (Lipinski definition) is 3. The summed E-state index contributed by atoms with van der Waals surface area (Å²) < 4.78 is 5.48. The van der Waals surface area contributed by atoms with Crippen LogP contribution in [0.1, 0.15) is 16.0 Å². The van der Waals surface area contributed by atoms with Crippen molar-refractivity contribution in [3.05, 3.63) is 51.7 Å². The van der Waals surface area contributed by atoms with Gasteiger partial charge in [-0.2, -0.15) is 0 Å². The van der Waals surface area contributed by atoms with E-state index in [4.69, 9.17) is 10.5 Å². The van der Waals surface area contributed by atoms with Crippen molar-refractivity contribution >= 4 is 17.0 Å². The standard InChI is InChI=1S/C14H15NOS/c1-10-6-7-17-13(10)14(8-16-9-14)11-2-4-12(15)5-3-11/h2-7H,8-9,15H2,1H3. The largest absolute Gasteiger partial charge is 0.399 e. The number of ether oxygens (including phenoxy) is 1. The maximum absolute atomic E-state index is 5.75. The molecule has 17 heavy (non-hydrogen) atoms. The summed E-state index contributed by atoms with van der Waals surface area (Å²) in [7, 11) is 0. The van der Waals surface area contributed by atoms with E-state index in [1.807, 2.05) is 23.5 Å². The first-order valence-electron chi connectivity index (χ1n) is 5.71. The fourth-order valence-electron chi connectivity index (χ4n) is 2.40. The molecule has 0 spiro atoms. The molecule has 1 aromatic carbocycles. The number of hydrogen-bond donors (Lipinski definition) is 1. The normalized spacial score (nSPS) is 17.7. The fraction of sp³-hybridized carbons (Fsp3) is 0.286. The molecule has 3 heteroatoms. The molecule has 1 fully saturated rings. The molecule has 3 rings (SSSR count). The monoisotopic (exact) mass is 245 g/mol. The highest BCUT2D eigenvalue weighted by molar-refractivity contribution is 7.10. The van der Waals surface area contributed by atoms with Crippen LogP contribution in [0.2, 0.25) is 0 Å². The number of benzene rings is 1. The molecule has 0 saturated carbocycles. The van der Waals surface area contributed by atoms with Gasteiger partial charge in [-0.05, 0) is 41.6 Å². The second-order valence-electron chi connectivity index (χ2n) is 4.63. The van der Waals surface area contributed by atoms with Crippen LogP contribution in [-0.2, 0) is 10.2 Å².